The van der Waals surface area contributed by atoms with E-state index in [9.17, 15) is 51.1 Å². The van der Waals surface area contributed by atoms with Crippen LogP contribution in [0.25, 0.3) is 0 Å². The van der Waals surface area contributed by atoms with Gasteiger partial charge in [0.1, 0.15) is 67.1 Å². The maximum atomic E-state index is 10.7. The lowest BCUT2D eigenvalue weighted by molar-refractivity contribution is -0.372. The molecule has 0 spiro atoms. The van der Waals surface area contributed by atoms with Crippen LogP contribution in [-0.4, -0.2) is 157 Å². The van der Waals surface area contributed by atoms with E-state index in [2.05, 4.69) is 0 Å². The van der Waals surface area contributed by atoms with Crippen LogP contribution in [0.4, 0.5) is 0 Å². The van der Waals surface area contributed by atoms with Gasteiger partial charge >= 0.3 is 0 Å². The van der Waals surface area contributed by atoms with E-state index in [0.29, 0.717) is 0 Å². The third-order valence-corrected chi connectivity index (χ3v) is 5.72. The van der Waals surface area contributed by atoms with E-state index in [1.165, 1.54) is 0 Å². The Kier molecular flexibility index (Phi) is 8.75. The topological polar surface area (TPSA) is 248 Å². The third kappa shape index (κ3) is 5.07. The molecule has 3 aliphatic rings. The van der Waals surface area contributed by atoms with E-state index >= 15 is 0 Å². The standard InChI is InChI=1S/C17H30O15/c18-1-4-7(20)10(23)12(25)16(29-4)32-14-9(22)5(2-19)30-17(13(14)26)31-6-3-28-15(27)11(24)8(6)21/h4-27H,1-3H2/t4-,5-,6-,7+,8+,9+,10+,11-,12-,13-,14+,15-,16+,17+/m1/s1. The molecule has 14 atom stereocenters. The molecule has 10 N–H and O–H groups in total. The number of aliphatic hydroxyl groups is 10. The monoisotopic (exact) mass is 474 g/mol. The van der Waals surface area contributed by atoms with E-state index in [1.54, 1.807) is 0 Å². The first-order chi connectivity index (χ1) is 15.1. The summed E-state index contributed by atoms with van der Waals surface area (Å²) < 4.78 is 26.2. The minimum absolute atomic E-state index is 0.392. The van der Waals surface area contributed by atoms with Crippen LogP contribution in [0.1, 0.15) is 0 Å². The molecule has 15 nitrogen and oxygen atoms in total. The molecule has 3 heterocycles. The first-order valence-electron chi connectivity index (χ1n) is 10.00. The molecule has 0 radical (unpaired) electrons. The zero-order valence-corrected chi connectivity index (χ0v) is 16.7. The van der Waals surface area contributed by atoms with Crippen molar-refractivity contribution in [3.8, 4) is 0 Å². The van der Waals surface area contributed by atoms with Crippen LogP contribution in [-0.2, 0) is 23.7 Å². The lowest BCUT2D eigenvalue weighted by atomic mass is 9.96. The van der Waals surface area contributed by atoms with Crippen molar-refractivity contribution in [3.63, 3.8) is 0 Å². The molecule has 0 amide bonds. The number of ether oxygens (including phenoxy) is 5. The van der Waals surface area contributed by atoms with Crippen LogP contribution >= 0.6 is 0 Å². The first kappa shape index (κ1) is 26.0. The van der Waals surface area contributed by atoms with Crippen LogP contribution in [0.15, 0.2) is 0 Å². The minimum atomic E-state index is -1.83. The van der Waals surface area contributed by atoms with Crippen molar-refractivity contribution >= 4 is 0 Å². The summed E-state index contributed by atoms with van der Waals surface area (Å²) >= 11 is 0. The summed E-state index contributed by atoms with van der Waals surface area (Å²) in [7, 11) is 0. The van der Waals surface area contributed by atoms with E-state index in [1.807, 2.05) is 0 Å². The molecule has 0 saturated carbocycles. The summed E-state index contributed by atoms with van der Waals surface area (Å²) in [5.41, 5.74) is 0. The van der Waals surface area contributed by atoms with Crippen LogP contribution in [0.3, 0.4) is 0 Å². The highest BCUT2D eigenvalue weighted by Crippen LogP contribution is 2.31. The second-order valence-corrected chi connectivity index (χ2v) is 7.88. The normalized spacial score (nSPS) is 52.7. The van der Waals surface area contributed by atoms with Crippen molar-refractivity contribution in [2.24, 2.45) is 0 Å². The van der Waals surface area contributed by atoms with Gasteiger partial charge in [-0.1, -0.05) is 0 Å². The fourth-order valence-corrected chi connectivity index (χ4v) is 3.73. The highest BCUT2D eigenvalue weighted by atomic mass is 16.7. The predicted molar refractivity (Wildman–Crippen MR) is 95.2 cm³/mol. The largest absolute Gasteiger partial charge is 0.394 e. The van der Waals surface area contributed by atoms with Crippen LogP contribution in [0, 0.1) is 0 Å². The van der Waals surface area contributed by atoms with E-state index in [0.717, 1.165) is 0 Å². The van der Waals surface area contributed by atoms with E-state index in [-0.39, 0.29) is 0 Å². The third-order valence-electron chi connectivity index (χ3n) is 5.72. The summed E-state index contributed by atoms with van der Waals surface area (Å²) in [6.07, 6.45) is -22.7. The molecular weight excluding hydrogens is 444 g/mol. The Morgan fingerprint density at radius 1 is 0.594 bits per heavy atom. The van der Waals surface area contributed by atoms with Gasteiger partial charge in [-0.25, -0.2) is 0 Å². The van der Waals surface area contributed by atoms with Crippen LogP contribution < -0.4 is 0 Å². The lowest BCUT2D eigenvalue weighted by Gasteiger charge is -2.47. The maximum absolute atomic E-state index is 10.7. The molecule has 188 valence electrons. The molecule has 3 saturated heterocycles. The summed E-state index contributed by atoms with van der Waals surface area (Å²) in [5.74, 6) is 0. The molecule has 0 aromatic carbocycles. The molecule has 0 aliphatic carbocycles. The van der Waals surface area contributed by atoms with Crippen molar-refractivity contribution in [2.75, 3.05) is 19.8 Å². The molecule has 3 rings (SSSR count). The SMILES string of the molecule is OC[C@H]1O[C@@H](O[C@H]2[C@@H](O)[C@@H](CO)O[C@@H](O[C@@H]3CO[C@@H](O)[C@H](O)[C@H]3O)[C@@H]2O)[C@H](O)[C@@H](O)[C@H]1O. The zero-order chi connectivity index (χ0) is 23.7. The lowest BCUT2D eigenvalue weighted by Crippen LogP contribution is -2.65. The van der Waals surface area contributed by atoms with E-state index in [4.69, 9.17) is 23.7 Å². The Morgan fingerprint density at radius 3 is 1.75 bits per heavy atom. The van der Waals surface area contributed by atoms with Gasteiger partial charge < -0.3 is 74.7 Å². The highest BCUT2D eigenvalue weighted by Gasteiger charge is 2.52. The summed E-state index contributed by atoms with van der Waals surface area (Å²) in [6.45, 7) is -1.88. The highest BCUT2D eigenvalue weighted by molar-refractivity contribution is 4.95. The van der Waals surface area contributed by atoms with Crippen molar-refractivity contribution in [1.82, 2.24) is 0 Å². The zero-order valence-electron chi connectivity index (χ0n) is 16.7. The number of hydrogen-bond donors (Lipinski definition) is 10. The molecule has 0 aromatic rings. The Balaban J connectivity index is 1.73. The van der Waals surface area contributed by atoms with Gasteiger partial charge in [0.15, 0.2) is 18.9 Å². The predicted octanol–water partition coefficient (Wildman–Crippen LogP) is -6.93. The number of hydrogen-bond acceptors (Lipinski definition) is 15. The Bertz CT molecular complexity index is 594. The molecule has 3 fully saturated rings. The molecule has 0 unspecified atom stereocenters. The van der Waals surface area contributed by atoms with Gasteiger partial charge in [-0.2, -0.15) is 0 Å². The Morgan fingerprint density at radius 2 is 1.16 bits per heavy atom. The molecule has 3 aliphatic heterocycles. The Labute approximate surface area is 181 Å². The Hall–Kier alpha value is -0.600. The average molecular weight is 474 g/mol. The fraction of sp³-hybridized carbons (Fsp3) is 1.00. The summed E-state index contributed by atoms with van der Waals surface area (Å²) in [5, 5.41) is 99.0. The van der Waals surface area contributed by atoms with Gasteiger partial charge in [-0.3, -0.25) is 0 Å². The summed E-state index contributed by atoms with van der Waals surface area (Å²) in [4.78, 5) is 0. The molecule has 32 heavy (non-hydrogen) atoms. The van der Waals surface area contributed by atoms with Crippen molar-refractivity contribution in [3.05, 3.63) is 0 Å². The molecule has 0 aromatic heterocycles. The van der Waals surface area contributed by atoms with Gasteiger partial charge in [0.05, 0.1) is 19.8 Å². The fourth-order valence-electron chi connectivity index (χ4n) is 3.73. The molecule has 15 heteroatoms. The second-order valence-electron chi connectivity index (χ2n) is 7.88. The van der Waals surface area contributed by atoms with Crippen molar-refractivity contribution in [2.45, 2.75) is 86.0 Å². The maximum Gasteiger partial charge on any atom is 0.187 e. The summed E-state index contributed by atoms with van der Waals surface area (Å²) in [6, 6.07) is 0. The number of rotatable bonds is 6. The van der Waals surface area contributed by atoms with Crippen LogP contribution in [0.2, 0.25) is 0 Å². The van der Waals surface area contributed by atoms with Gasteiger partial charge in [-0.15, -0.1) is 0 Å². The average Bonchev–Trinajstić information content (AvgIpc) is 2.78. The van der Waals surface area contributed by atoms with Crippen molar-refractivity contribution < 1.29 is 74.7 Å². The van der Waals surface area contributed by atoms with Crippen molar-refractivity contribution in [1.29, 1.82) is 0 Å². The first-order valence-corrected chi connectivity index (χ1v) is 10.00. The van der Waals surface area contributed by atoms with Gasteiger partial charge in [0, 0.05) is 0 Å². The van der Waals surface area contributed by atoms with Gasteiger partial charge in [0.2, 0.25) is 0 Å². The van der Waals surface area contributed by atoms with Gasteiger partial charge in [-0.05, 0) is 0 Å². The second kappa shape index (κ2) is 10.8. The smallest absolute Gasteiger partial charge is 0.187 e. The van der Waals surface area contributed by atoms with E-state index < -0.39 is 106 Å². The quantitative estimate of drug-likeness (QED) is 0.172. The number of aliphatic hydroxyl groups excluding tert-OH is 10. The van der Waals surface area contributed by atoms with Crippen LogP contribution in [0.5, 0.6) is 0 Å². The molecule has 0 bridgehead atoms. The minimum Gasteiger partial charge on any atom is -0.394 e. The van der Waals surface area contributed by atoms with Gasteiger partial charge in [0.25, 0.3) is 0 Å². The molecular formula is C17H30O15.